The average molecular weight is 336 g/mol. The molecule has 138 valence electrons. The number of likely N-dealkylation sites (tertiary alicyclic amines) is 2. The first kappa shape index (κ1) is 19.5. The van der Waals surface area contributed by atoms with E-state index in [4.69, 9.17) is 0 Å². The number of rotatable bonds is 6. The summed E-state index contributed by atoms with van der Waals surface area (Å²) in [5.74, 6) is 0.519. The lowest BCUT2D eigenvalue weighted by atomic mass is 9.92. The third-order valence-corrected chi connectivity index (χ3v) is 5.70. The number of piperidine rings is 2. The number of carbonyl (C=O) groups excluding carboxylic acids is 1. The molecule has 0 N–H and O–H groups in total. The minimum Gasteiger partial charge on any atom is -0.339 e. The molecule has 0 aromatic rings. The van der Waals surface area contributed by atoms with Crippen LogP contribution in [0.25, 0.3) is 0 Å². The first-order valence-corrected chi connectivity index (χ1v) is 9.83. The fraction of sp³-hybridized carbons (Fsp3) is 0.850. The van der Waals surface area contributed by atoms with Crippen molar-refractivity contribution < 1.29 is 4.79 Å². The molecule has 0 unspecified atom stereocenters. The van der Waals surface area contributed by atoms with Crippen molar-refractivity contribution in [2.24, 2.45) is 5.92 Å². The molecule has 0 aromatic heterocycles. The highest BCUT2D eigenvalue weighted by molar-refractivity contribution is 5.79. The molecular formula is C20H37N3O. The normalized spacial score (nSPS) is 24.3. The molecule has 2 heterocycles. The van der Waals surface area contributed by atoms with Gasteiger partial charge in [0.15, 0.2) is 0 Å². The second kappa shape index (κ2) is 9.00. The zero-order chi connectivity index (χ0) is 17.7. The number of carbonyl (C=O) groups is 1. The number of hydrogen-bond acceptors (Lipinski definition) is 3. The molecule has 2 fully saturated rings. The van der Waals surface area contributed by atoms with Crippen molar-refractivity contribution in [1.29, 1.82) is 0 Å². The van der Waals surface area contributed by atoms with Crippen LogP contribution in [0.1, 0.15) is 53.4 Å². The predicted molar refractivity (Wildman–Crippen MR) is 101 cm³/mol. The summed E-state index contributed by atoms with van der Waals surface area (Å²) in [5, 5.41) is 0. The summed E-state index contributed by atoms with van der Waals surface area (Å²) >= 11 is 0. The van der Waals surface area contributed by atoms with E-state index in [-0.39, 0.29) is 5.92 Å². The number of likely N-dealkylation sites (N-methyl/N-ethyl adjacent to an activating group) is 1. The zero-order valence-corrected chi connectivity index (χ0v) is 16.3. The molecule has 4 heteroatoms. The highest BCUT2D eigenvalue weighted by Crippen LogP contribution is 2.25. The van der Waals surface area contributed by atoms with E-state index in [9.17, 15) is 4.79 Å². The lowest BCUT2D eigenvalue weighted by molar-refractivity contribution is -0.137. The van der Waals surface area contributed by atoms with Gasteiger partial charge < -0.3 is 9.80 Å². The average Bonchev–Trinajstić information content (AvgIpc) is 2.59. The fourth-order valence-electron chi connectivity index (χ4n) is 4.24. The maximum Gasteiger partial charge on any atom is 0.227 e. The van der Waals surface area contributed by atoms with Gasteiger partial charge in [-0.05, 0) is 73.0 Å². The van der Waals surface area contributed by atoms with Crippen LogP contribution in [-0.4, -0.2) is 72.0 Å². The van der Waals surface area contributed by atoms with E-state index in [0.717, 1.165) is 31.5 Å². The summed E-state index contributed by atoms with van der Waals surface area (Å²) in [6.07, 6.45) is 4.71. The minimum absolute atomic E-state index is 0.182. The van der Waals surface area contributed by atoms with E-state index >= 15 is 0 Å². The fourth-order valence-corrected chi connectivity index (χ4v) is 4.24. The van der Waals surface area contributed by atoms with Crippen molar-refractivity contribution in [3.05, 3.63) is 12.2 Å². The Morgan fingerprint density at radius 3 is 2.42 bits per heavy atom. The van der Waals surface area contributed by atoms with Gasteiger partial charge in [-0.3, -0.25) is 9.69 Å². The molecule has 2 aliphatic rings. The van der Waals surface area contributed by atoms with Gasteiger partial charge in [0.05, 0.1) is 5.92 Å². The van der Waals surface area contributed by atoms with Crippen molar-refractivity contribution in [1.82, 2.24) is 14.7 Å². The molecule has 2 saturated heterocycles. The van der Waals surface area contributed by atoms with Crippen LogP contribution in [0.5, 0.6) is 0 Å². The first-order valence-electron chi connectivity index (χ1n) is 9.83. The molecule has 2 rings (SSSR count). The molecule has 4 nitrogen and oxygen atoms in total. The molecule has 1 atom stereocenters. The zero-order valence-electron chi connectivity index (χ0n) is 16.3. The molecule has 0 radical (unpaired) electrons. The van der Waals surface area contributed by atoms with Crippen molar-refractivity contribution in [2.45, 2.75) is 65.5 Å². The largest absolute Gasteiger partial charge is 0.339 e. The van der Waals surface area contributed by atoms with Gasteiger partial charge in [0.25, 0.3) is 0 Å². The Hall–Kier alpha value is -0.870. The SMILES string of the molecule is C=C(C)CN(CC)C(=O)[C@@H]1CCCN(C2CCN(C(C)C)CC2)C1. The number of hydrogen-bond donors (Lipinski definition) is 0. The maximum atomic E-state index is 12.9. The van der Waals surface area contributed by atoms with Crippen molar-refractivity contribution in [2.75, 3.05) is 39.3 Å². The van der Waals surface area contributed by atoms with Gasteiger partial charge in [0.1, 0.15) is 0 Å². The summed E-state index contributed by atoms with van der Waals surface area (Å²) in [7, 11) is 0. The van der Waals surface area contributed by atoms with E-state index in [2.05, 4.69) is 37.1 Å². The Bertz CT molecular complexity index is 427. The Morgan fingerprint density at radius 1 is 1.21 bits per heavy atom. The highest BCUT2D eigenvalue weighted by Gasteiger charge is 2.33. The summed E-state index contributed by atoms with van der Waals surface area (Å²) in [4.78, 5) is 20.1. The Kier molecular flexibility index (Phi) is 7.30. The van der Waals surface area contributed by atoms with Crippen LogP contribution < -0.4 is 0 Å². The molecule has 24 heavy (non-hydrogen) atoms. The monoisotopic (exact) mass is 335 g/mol. The minimum atomic E-state index is 0.182. The van der Waals surface area contributed by atoms with Crippen molar-refractivity contribution in [3.8, 4) is 0 Å². The molecule has 2 aliphatic heterocycles. The standard InChI is InChI=1S/C20H37N3O/c1-6-21(14-16(2)3)20(24)18-8-7-11-23(15-18)19-9-12-22(13-10-19)17(4)5/h17-19H,2,6-15H2,1,3-5H3/t18-/m1/s1. The number of amides is 1. The Morgan fingerprint density at radius 2 is 1.88 bits per heavy atom. The van der Waals surface area contributed by atoms with Gasteiger partial charge in [-0.1, -0.05) is 12.2 Å². The topological polar surface area (TPSA) is 26.8 Å². The van der Waals surface area contributed by atoms with E-state index in [0.29, 0.717) is 24.5 Å². The highest BCUT2D eigenvalue weighted by atomic mass is 16.2. The van der Waals surface area contributed by atoms with Gasteiger partial charge in [-0.25, -0.2) is 0 Å². The van der Waals surface area contributed by atoms with Crippen LogP contribution >= 0.6 is 0 Å². The smallest absolute Gasteiger partial charge is 0.227 e. The van der Waals surface area contributed by atoms with E-state index < -0.39 is 0 Å². The lowest BCUT2D eigenvalue weighted by Gasteiger charge is -2.43. The van der Waals surface area contributed by atoms with E-state index in [1.165, 1.54) is 32.5 Å². The summed E-state index contributed by atoms with van der Waals surface area (Å²) in [6.45, 7) is 18.7. The van der Waals surface area contributed by atoms with Crippen LogP contribution in [0.3, 0.4) is 0 Å². The van der Waals surface area contributed by atoms with Crippen LogP contribution in [0, 0.1) is 5.92 Å². The van der Waals surface area contributed by atoms with Crippen molar-refractivity contribution in [3.63, 3.8) is 0 Å². The van der Waals surface area contributed by atoms with Crippen LogP contribution in [0.4, 0.5) is 0 Å². The lowest BCUT2D eigenvalue weighted by Crippen LogP contribution is -2.52. The molecule has 0 spiro atoms. The second-order valence-electron chi connectivity index (χ2n) is 8.00. The summed E-state index contributed by atoms with van der Waals surface area (Å²) in [5.41, 5.74) is 1.07. The summed E-state index contributed by atoms with van der Waals surface area (Å²) in [6, 6.07) is 1.33. The van der Waals surface area contributed by atoms with Crippen LogP contribution in [0.2, 0.25) is 0 Å². The van der Waals surface area contributed by atoms with Gasteiger partial charge in [-0.2, -0.15) is 0 Å². The summed E-state index contributed by atoms with van der Waals surface area (Å²) < 4.78 is 0. The molecule has 0 aromatic carbocycles. The first-order chi connectivity index (χ1) is 11.4. The van der Waals surface area contributed by atoms with E-state index in [1.54, 1.807) is 0 Å². The van der Waals surface area contributed by atoms with Gasteiger partial charge >= 0.3 is 0 Å². The quantitative estimate of drug-likeness (QED) is 0.698. The van der Waals surface area contributed by atoms with Gasteiger partial charge in [-0.15, -0.1) is 0 Å². The third-order valence-electron chi connectivity index (χ3n) is 5.70. The molecule has 0 aliphatic carbocycles. The second-order valence-corrected chi connectivity index (χ2v) is 8.00. The molecule has 0 saturated carbocycles. The molecular weight excluding hydrogens is 298 g/mol. The Labute approximate surface area is 148 Å². The van der Waals surface area contributed by atoms with Crippen LogP contribution in [-0.2, 0) is 4.79 Å². The Balaban J connectivity index is 1.89. The van der Waals surface area contributed by atoms with Crippen molar-refractivity contribution >= 4 is 5.91 Å². The van der Waals surface area contributed by atoms with Gasteiger partial charge in [0.2, 0.25) is 5.91 Å². The molecule has 0 bridgehead atoms. The molecule has 1 amide bonds. The van der Waals surface area contributed by atoms with Crippen LogP contribution in [0.15, 0.2) is 12.2 Å². The maximum absolute atomic E-state index is 12.9. The van der Waals surface area contributed by atoms with Gasteiger partial charge in [0, 0.05) is 31.7 Å². The third kappa shape index (κ3) is 5.06. The van der Waals surface area contributed by atoms with E-state index in [1.807, 2.05) is 11.8 Å². The predicted octanol–water partition coefficient (Wildman–Crippen LogP) is 3.00. The number of nitrogens with zero attached hydrogens (tertiary/aromatic N) is 3.